The number of aromatic nitrogens is 3. The van der Waals surface area contributed by atoms with E-state index in [1.165, 1.54) is 11.8 Å². The summed E-state index contributed by atoms with van der Waals surface area (Å²) in [6.45, 7) is 1.95. The molecule has 3 aromatic rings. The Bertz CT molecular complexity index is 894. The van der Waals surface area contributed by atoms with Crippen molar-refractivity contribution in [3.05, 3.63) is 64.9 Å². The third kappa shape index (κ3) is 4.03. The number of methoxy groups -OCH3 is 1. The minimum absolute atomic E-state index is 0.0177. The van der Waals surface area contributed by atoms with Crippen molar-refractivity contribution in [3.8, 4) is 11.4 Å². The van der Waals surface area contributed by atoms with Crippen molar-refractivity contribution in [2.45, 2.75) is 12.1 Å². The molecule has 25 heavy (non-hydrogen) atoms. The number of Topliss-reactive ketones (excluding diaryl/α,β-unsaturated/α-hetero) is 1. The van der Waals surface area contributed by atoms with Crippen molar-refractivity contribution in [2.75, 3.05) is 12.9 Å². The first-order valence-electron chi connectivity index (χ1n) is 7.55. The van der Waals surface area contributed by atoms with Crippen LogP contribution < -0.4 is 4.74 Å². The van der Waals surface area contributed by atoms with Crippen LogP contribution in [0.4, 0.5) is 0 Å². The van der Waals surface area contributed by atoms with Crippen LogP contribution in [0.15, 0.2) is 53.9 Å². The lowest BCUT2D eigenvalue weighted by Crippen LogP contribution is -2.04. The van der Waals surface area contributed by atoms with Gasteiger partial charge in [0, 0.05) is 10.6 Å². The molecule has 0 spiro atoms. The minimum atomic E-state index is 0.0177. The first kappa shape index (κ1) is 17.5. The normalized spacial score (nSPS) is 10.7. The topological polar surface area (TPSA) is 57.0 Å². The standard InChI is InChI=1S/C18H16ClN3O2S/c1-12-3-6-14(9-16(12)19)22-11-20-21-18(22)25-10-17(23)13-4-7-15(24-2)8-5-13/h3-9,11H,10H2,1-2H3. The Hall–Kier alpha value is -2.31. The fraction of sp³-hybridized carbons (Fsp3) is 0.167. The van der Waals surface area contributed by atoms with E-state index in [-0.39, 0.29) is 11.5 Å². The second kappa shape index (κ2) is 7.72. The molecule has 0 aliphatic rings. The SMILES string of the molecule is COc1ccc(C(=O)CSc2nncn2-c2ccc(C)c(Cl)c2)cc1. The number of aryl methyl sites for hydroxylation is 1. The number of carbonyl (C=O) groups is 1. The van der Waals surface area contributed by atoms with Crippen LogP contribution in [0, 0.1) is 6.92 Å². The Morgan fingerprint density at radius 2 is 2.00 bits per heavy atom. The number of nitrogens with zero attached hydrogens (tertiary/aromatic N) is 3. The molecule has 1 aromatic heterocycles. The lowest BCUT2D eigenvalue weighted by molar-refractivity contribution is 0.102. The highest BCUT2D eigenvalue weighted by Gasteiger charge is 2.12. The maximum atomic E-state index is 12.3. The smallest absolute Gasteiger partial charge is 0.196 e. The number of ether oxygens (including phenoxy) is 1. The molecule has 3 rings (SSSR count). The number of rotatable bonds is 6. The van der Waals surface area contributed by atoms with Crippen molar-refractivity contribution in [2.24, 2.45) is 0 Å². The number of benzene rings is 2. The van der Waals surface area contributed by atoms with Gasteiger partial charge in [0.2, 0.25) is 0 Å². The van der Waals surface area contributed by atoms with Gasteiger partial charge in [-0.1, -0.05) is 29.4 Å². The summed E-state index contributed by atoms with van der Waals surface area (Å²) in [7, 11) is 1.59. The van der Waals surface area contributed by atoms with Crippen molar-refractivity contribution in [1.29, 1.82) is 0 Å². The molecule has 0 unspecified atom stereocenters. The summed E-state index contributed by atoms with van der Waals surface area (Å²) in [4.78, 5) is 12.3. The molecule has 2 aromatic carbocycles. The number of thioether (sulfide) groups is 1. The van der Waals surface area contributed by atoms with E-state index in [0.29, 0.717) is 15.7 Å². The molecule has 5 nitrogen and oxygen atoms in total. The van der Waals surface area contributed by atoms with Crippen LogP contribution in [0.1, 0.15) is 15.9 Å². The van der Waals surface area contributed by atoms with Crippen LogP contribution in [0.25, 0.3) is 5.69 Å². The van der Waals surface area contributed by atoms with Gasteiger partial charge < -0.3 is 4.74 Å². The third-order valence-corrected chi connectivity index (χ3v) is 5.04. The highest BCUT2D eigenvalue weighted by atomic mass is 35.5. The summed E-state index contributed by atoms with van der Waals surface area (Å²) in [5.41, 5.74) is 2.50. The van der Waals surface area contributed by atoms with E-state index in [9.17, 15) is 4.79 Å². The highest BCUT2D eigenvalue weighted by molar-refractivity contribution is 7.99. The number of carbonyl (C=O) groups excluding carboxylic acids is 1. The molecule has 0 bridgehead atoms. The summed E-state index contributed by atoms with van der Waals surface area (Å²) in [6, 6.07) is 12.8. The lowest BCUT2D eigenvalue weighted by Gasteiger charge is -2.08. The lowest BCUT2D eigenvalue weighted by atomic mass is 10.1. The molecule has 128 valence electrons. The summed E-state index contributed by atoms with van der Waals surface area (Å²) in [5.74, 6) is 1.01. The molecule has 0 saturated heterocycles. The predicted molar refractivity (Wildman–Crippen MR) is 99.2 cm³/mol. The van der Waals surface area contributed by atoms with E-state index in [1.807, 2.05) is 29.7 Å². The third-order valence-electron chi connectivity index (χ3n) is 3.69. The van der Waals surface area contributed by atoms with Crippen LogP contribution in [0.5, 0.6) is 5.75 Å². The average Bonchev–Trinajstić information content (AvgIpc) is 3.10. The molecule has 0 N–H and O–H groups in total. The van der Waals surface area contributed by atoms with Crippen LogP contribution in [-0.4, -0.2) is 33.4 Å². The van der Waals surface area contributed by atoms with E-state index < -0.39 is 0 Å². The molecule has 0 aliphatic heterocycles. The monoisotopic (exact) mass is 373 g/mol. The van der Waals surface area contributed by atoms with Gasteiger partial charge >= 0.3 is 0 Å². The molecule has 0 fully saturated rings. The molecule has 0 saturated carbocycles. The van der Waals surface area contributed by atoms with Crippen LogP contribution in [0.3, 0.4) is 0 Å². The molecule has 0 radical (unpaired) electrons. The van der Waals surface area contributed by atoms with Crippen molar-refractivity contribution < 1.29 is 9.53 Å². The first-order chi connectivity index (χ1) is 12.1. The number of hydrogen-bond donors (Lipinski definition) is 0. The second-order valence-electron chi connectivity index (χ2n) is 5.36. The maximum Gasteiger partial charge on any atom is 0.196 e. The van der Waals surface area contributed by atoms with Gasteiger partial charge in [0.15, 0.2) is 10.9 Å². The average molecular weight is 374 g/mol. The molecular formula is C18H16ClN3O2S. The van der Waals surface area contributed by atoms with Crippen molar-refractivity contribution in [3.63, 3.8) is 0 Å². The zero-order valence-electron chi connectivity index (χ0n) is 13.8. The van der Waals surface area contributed by atoms with Crippen LogP contribution >= 0.6 is 23.4 Å². The van der Waals surface area contributed by atoms with Crippen molar-refractivity contribution in [1.82, 2.24) is 14.8 Å². The largest absolute Gasteiger partial charge is 0.497 e. The Kier molecular flexibility index (Phi) is 5.40. The fourth-order valence-electron chi connectivity index (χ4n) is 2.22. The van der Waals surface area contributed by atoms with Gasteiger partial charge in [0.25, 0.3) is 0 Å². The van der Waals surface area contributed by atoms with Crippen molar-refractivity contribution >= 4 is 29.1 Å². The first-order valence-corrected chi connectivity index (χ1v) is 8.91. The summed E-state index contributed by atoms with van der Waals surface area (Å²) < 4.78 is 6.92. The van der Waals surface area contributed by atoms with E-state index in [1.54, 1.807) is 37.7 Å². The fourth-order valence-corrected chi connectivity index (χ4v) is 3.22. The van der Waals surface area contributed by atoms with E-state index >= 15 is 0 Å². The second-order valence-corrected chi connectivity index (χ2v) is 6.71. The van der Waals surface area contributed by atoms with Gasteiger partial charge in [-0.05, 0) is 48.9 Å². The molecule has 1 heterocycles. The minimum Gasteiger partial charge on any atom is -0.497 e. The van der Waals surface area contributed by atoms with Gasteiger partial charge in [-0.3, -0.25) is 9.36 Å². The number of halogens is 1. The van der Waals surface area contributed by atoms with Gasteiger partial charge in [0.1, 0.15) is 12.1 Å². The molecule has 7 heteroatoms. The van der Waals surface area contributed by atoms with E-state index in [4.69, 9.17) is 16.3 Å². The summed E-state index contributed by atoms with van der Waals surface area (Å²) in [5, 5.41) is 9.36. The number of ketones is 1. The zero-order valence-corrected chi connectivity index (χ0v) is 15.3. The van der Waals surface area contributed by atoms with Gasteiger partial charge in [-0.2, -0.15) is 0 Å². The molecule has 0 aliphatic carbocycles. The Balaban J connectivity index is 1.72. The van der Waals surface area contributed by atoms with Gasteiger partial charge in [-0.25, -0.2) is 0 Å². The Labute approximate surface area is 155 Å². The summed E-state index contributed by atoms with van der Waals surface area (Å²) in [6.07, 6.45) is 1.61. The predicted octanol–water partition coefficient (Wildman–Crippen LogP) is 4.21. The summed E-state index contributed by atoms with van der Waals surface area (Å²) >= 11 is 7.53. The highest BCUT2D eigenvalue weighted by Crippen LogP contribution is 2.24. The molecule has 0 amide bonds. The molecule has 0 atom stereocenters. The Morgan fingerprint density at radius 3 is 2.68 bits per heavy atom. The Morgan fingerprint density at radius 1 is 1.24 bits per heavy atom. The van der Waals surface area contributed by atoms with E-state index in [0.717, 1.165) is 17.0 Å². The maximum absolute atomic E-state index is 12.3. The number of hydrogen-bond acceptors (Lipinski definition) is 5. The quantitative estimate of drug-likeness (QED) is 0.478. The molecular weight excluding hydrogens is 358 g/mol. The van der Waals surface area contributed by atoms with Crippen LogP contribution in [-0.2, 0) is 0 Å². The van der Waals surface area contributed by atoms with Crippen LogP contribution in [0.2, 0.25) is 5.02 Å². The zero-order chi connectivity index (χ0) is 17.8. The van der Waals surface area contributed by atoms with E-state index in [2.05, 4.69) is 10.2 Å². The van der Waals surface area contributed by atoms with Gasteiger partial charge in [0.05, 0.1) is 18.6 Å². The van der Waals surface area contributed by atoms with Gasteiger partial charge in [-0.15, -0.1) is 10.2 Å².